The predicted octanol–water partition coefficient (Wildman–Crippen LogP) is 0.346. The summed E-state index contributed by atoms with van der Waals surface area (Å²) >= 11 is 0. The lowest BCUT2D eigenvalue weighted by atomic mass is 10.7. The highest BCUT2D eigenvalue weighted by atomic mass is 16.6. The first kappa shape index (κ1) is 17.8. The zero-order chi connectivity index (χ0) is 13.3. The van der Waals surface area contributed by atoms with Crippen molar-refractivity contribution in [1.29, 1.82) is 0 Å². The van der Waals surface area contributed by atoms with E-state index in [4.69, 9.17) is 28.4 Å². The largest absolute Gasteiger partial charge is 0.382 e. The van der Waals surface area contributed by atoms with Crippen LogP contribution in [0, 0.1) is 0 Å². The number of hydrogen-bond donors (Lipinski definition) is 0. The van der Waals surface area contributed by atoms with Crippen LogP contribution in [-0.2, 0) is 28.4 Å². The van der Waals surface area contributed by atoms with E-state index in [1.54, 1.807) is 14.2 Å². The second-order valence-electron chi connectivity index (χ2n) is 3.44. The first-order valence-corrected chi connectivity index (χ1v) is 6.20. The molecule has 6 heteroatoms. The third-order valence-corrected chi connectivity index (χ3v) is 1.98. The van der Waals surface area contributed by atoms with Crippen molar-refractivity contribution in [2.45, 2.75) is 0 Å². The molecule has 0 aliphatic heterocycles. The zero-order valence-corrected chi connectivity index (χ0v) is 11.5. The number of rotatable bonds is 15. The van der Waals surface area contributed by atoms with Crippen LogP contribution >= 0.6 is 0 Å². The van der Waals surface area contributed by atoms with Crippen LogP contribution in [0.3, 0.4) is 0 Å². The van der Waals surface area contributed by atoms with Crippen LogP contribution in [-0.4, -0.2) is 80.3 Å². The molecule has 0 N–H and O–H groups in total. The zero-order valence-electron chi connectivity index (χ0n) is 11.5. The lowest BCUT2D eigenvalue weighted by Crippen LogP contribution is -2.13. The van der Waals surface area contributed by atoms with Gasteiger partial charge < -0.3 is 28.4 Å². The molecule has 0 heterocycles. The minimum absolute atomic E-state index is 0.575. The molecule has 0 atom stereocenters. The highest BCUT2D eigenvalue weighted by molar-refractivity contribution is 4.35. The van der Waals surface area contributed by atoms with Crippen molar-refractivity contribution in [2.24, 2.45) is 0 Å². The first-order chi connectivity index (χ1) is 8.91. The lowest BCUT2D eigenvalue weighted by molar-refractivity contribution is -0.0122. The molecule has 0 amide bonds. The van der Waals surface area contributed by atoms with E-state index in [0.29, 0.717) is 66.1 Å². The fourth-order valence-corrected chi connectivity index (χ4v) is 1.05. The molecule has 0 spiro atoms. The van der Waals surface area contributed by atoms with Gasteiger partial charge in [0, 0.05) is 14.2 Å². The molecule has 0 aromatic heterocycles. The summed E-state index contributed by atoms with van der Waals surface area (Å²) < 4.78 is 30.8. The van der Waals surface area contributed by atoms with E-state index in [1.165, 1.54) is 0 Å². The maximum Gasteiger partial charge on any atom is 0.0701 e. The van der Waals surface area contributed by atoms with E-state index < -0.39 is 0 Å². The van der Waals surface area contributed by atoms with Gasteiger partial charge in [-0.05, 0) is 0 Å². The van der Waals surface area contributed by atoms with Gasteiger partial charge in [0.2, 0.25) is 0 Å². The minimum Gasteiger partial charge on any atom is -0.382 e. The summed E-state index contributed by atoms with van der Waals surface area (Å²) in [6, 6.07) is 0. The molecule has 0 saturated heterocycles. The summed E-state index contributed by atoms with van der Waals surface area (Å²) in [4.78, 5) is 0. The smallest absolute Gasteiger partial charge is 0.0701 e. The maximum absolute atomic E-state index is 5.31. The Morgan fingerprint density at radius 1 is 0.389 bits per heavy atom. The molecule has 18 heavy (non-hydrogen) atoms. The van der Waals surface area contributed by atoms with E-state index >= 15 is 0 Å². The summed E-state index contributed by atoms with van der Waals surface area (Å²) in [6.45, 7) is 5.93. The third kappa shape index (κ3) is 15.8. The van der Waals surface area contributed by atoms with E-state index in [0.717, 1.165) is 0 Å². The Labute approximate surface area is 109 Å². The highest BCUT2D eigenvalue weighted by Gasteiger charge is 1.92. The van der Waals surface area contributed by atoms with Crippen molar-refractivity contribution < 1.29 is 28.4 Å². The average molecular weight is 266 g/mol. The van der Waals surface area contributed by atoms with E-state index in [9.17, 15) is 0 Å². The van der Waals surface area contributed by atoms with Crippen LogP contribution in [0.1, 0.15) is 0 Å². The van der Waals surface area contributed by atoms with Gasteiger partial charge in [-0.3, -0.25) is 0 Å². The average Bonchev–Trinajstić information content (AvgIpc) is 2.39. The molecule has 0 bridgehead atoms. The second-order valence-corrected chi connectivity index (χ2v) is 3.44. The van der Waals surface area contributed by atoms with Gasteiger partial charge in [0.05, 0.1) is 66.1 Å². The summed E-state index contributed by atoms with van der Waals surface area (Å²) in [5.41, 5.74) is 0. The molecule has 0 fully saturated rings. The van der Waals surface area contributed by atoms with Crippen molar-refractivity contribution in [3.05, 3.63) is 0 Å². The van der Waals surface area contributed by atoms with Crippen molar-refractivity contribution in [3.8, 4) is 0 Å². The fraction of sp³-hybridized carbons (Fsp3) is 1.00. The van der Waals surface area contributed by atoms with Gasteiger partial charge in [0.1, 0.15) is 0 Å². The standard InChI is InChI=1S/C12H26O6/c1-13-3-5-15-7-9-17-11-12-18-10-8-16-6-4-14-2/h3-12H2,1-2H3. The van der Waals surface area contributed by atoms with Gasteiger partial charge in [-0.15, -0.1) is 0 Å². The van der Waals surface area contributed by atoms with Gasteiger partial charge in [-0.2, -0.15) is 0 Å². The summed E-state index contributed by atoms with van der Waals surface area (Å²) in [7, 11) is 3.30. The minimum atomic E-state index is 0.575. The van der Waals surface area contributed by atoms with Gasteiger partial charge >= 0.3 is 0 Å². The van der Waals surface area contributed by atoms with E-state index in [-0.39, 0.29) is 0 Å². The van der Waals surface area contributed by atoms with E-state index in [1.807, 2.05) is 0 Å². The van der Waals surface area contributed by atoms with Crippen LogP contribution in [0.2, 0.25) is 0 Å². The normalized spacial score (nSPS) is 11.0. The van der Waals surface area contributed by atoms with Crippen LogP contribution in [0.25, 0.3) is 0 Å². The number of hydrogen-bond acceptors (Lipinski definition) is 6. The van der Waals surface area contributed by atoms with Crippen LogP contribution in [0.15, 0.2) is 0 Å². The Morgan fingerprint density at radius 2 is 0.611 bits per heavy atom. The molecule has 6 nitrogen and oxygen atoms in total. The Balaban J connectivity index is 2.86. The van der Waals surface area contributed by atoms with Crippen LogP contribution < -0.4 is 0 Å². The van der Waals surface area contributed by atoms with Gasteiger partial charge in [-0.1, -0.05) is 0 Å². The van der Waals surface area contributed by atoms with Gasteiger partial charge in [0.15, 0.2) is 0 Å². The summed E-state index contributed by atoms with van der Waals surface area (Å²) in [5, 5.41) is 0. The first-order valence-electron chi connectivity index (χ1n) is 6.20. The van der Waals surface area contributed by atoms with Crippen molar-refractivity contribution in [3.63, 3.8) is 0 Å². The lowest BCUT2D eigenvalue weighted by Gasteiger charge is -2.07. The third-order valence-electron chi connectivity index (χ3n) is 1.98. The SMILES string of the molecule is COCCOCCOCCOCCOCCOC. The van der Waals surface area contributed by atoms with E-state index in [2.05, 4.69) is 0 Å². The van der Waals surface area contributed by atoms with Gasteiger partial charge in [-0.25, -0.2) is 0 Å². The topological polar surface area (TPSA) is 55.4 Å². The molecule has 0 rings (SSSR count). The predicted molar refractivity (Wildman–Crippen MR) is 67.0 cm³/mol. The monoisotopic (exact) mass is 266 g/mol. The second kappa shape index (κ2) is 16.8. The summed E-state index contributed by atoms with van der Waals surface area (Å²) in [6.07, 6.45) is 0. The Bertz CT molecular complexity index is 129. The number of methoxy groups -OCH3 is 2. The Morgan fingerprint density at radius 3 is 0.833 bits per heavy atom. The maximum atomic E-state index is 5.31. The van der Waals surface area contributed by atoms with Crippen LogP contribution in [0.5, 0.6) is 0 Å². The van der Waals surface area contributed by atoms with Crippen molar-refractivity contribution in [1.82, 2.24) is 0 Å². The molecule has 110 valence electrons. The molecule has 0 unspecified atom stereocenters. The molecular formula is C12H26O6. The number of ether oxygens (including phenoxy) is 6. The van der Waals surface area contributed by atoms with Crippen molar-refractivity contribution in [2.75, 3.05) is 80.3 Å². The molecule has 0 aromatic rings. The molecule has 0 saturated carbocycles. The highest BCUT2D eigenvalue weighted by Crippen LogP contribution is 1.83. The molecule has 0 radical (unpaired) electrons. The Kier molecular flexibility index (Phi) is 16.5. The molecule has 0 aliphatic carbocycles. The Hall–Kier alpha value is -0.240. The molecule has 0 aliphatic rings. The fourth-order valence-electron chi connectivity index (χ4n) is 1.05. The molecular weight excluding hydrogens is 240 g/mol. The van der Waals surface area contributed by atoms with Crippen LogP contribution in [0.4, 0.5) is 0 Å². The van der Waals surface area contributed by atoms with Gasteiger partial charge in [0.25, 0.3) is 0 Å². The molecule has 0 aromatic carbocycles. The summed E-state index contributed by atoms with van der Waals surface area (Å²) in [5.74, 6) is 0. The quantitative estimate of drug-likeness (QED) is 0.399. The van der Waals surface area contributed by atoms with Crippen molar-refractivity contribution >= 4 is 0 Å².